The average Bonchev–Trinajstić information content (AvgIpc) is 2.51. The number of hydrogen-bond acceptors (Lipinski definition) is 3. The van der Waals surface area contributed by atoms with Crippen molar-refractivity contribution in [3.8, 4) is 5.75 Å². The third-order valence-corrected chi connectivity index (χ3v) is 3.66. The Bertz CT molecular complexity index is 451. The van der Waals surface area contributed by atoms with Gasteiger partial charge in [0, 0.05) is 25.3 Å². The molecule has 1 aromatic rings. The minimum Gasteiger partial charge on any atom is -0.496 e. The van der Waals surface area contributed by atoms with Crippen molar-refractivity contribution >= 4 is 6.03 Å². The molecule has 0 aromatic heterocycles. The first kappa shape index (κ1) is 17.3. The van der Waals surface area contributed by atoms with Gasteiger partial charge in [-0.15, -0.1) is 0 Å². The molecule has 0 heterocycles. The molecule has 2 unspecified atom stereocenters. The summed E-state index contributed by atoms with van der Waals surface area (Å²) in [6, 6.07) is 7.52. The first-order valence-corrected chi connectivity index (χ1v) is 7.28. The first-order valence-electron chi connectivity index (χ1n) is 7.28. The summed E-state index contributed by atoms with van der Waals surface area (Å²) in [4.78, 5) is 13.9. The third kappa shape index (κ3) is 4.93. The van der Waals surface area contributed by atoms with Crippen LogP contribution in [0.5, 0.6) is 5.75 Å². The number of benzene rings is 1. The molecule has 0 aliphatic rings. The Kier molecular flexibility index (Phi) is 7.02. The molecule has 0 aliphatic carbocycles. The van der Waals surface area contributed by atoms with Gasteiger partial charge in [-0.1, -0.05) is 18.2 Å². The zero-order valence-corrected chi connectivity index (χ0v) is 13.3. The van der Waals surface area contributed by atoms with E-state index in [0.29, 0.717) is 6.42 Å². The Labute approximate surface area is 126 Å². The van der Waals surface area contributed by atoms with Gasteiger partial charge in [0.15, 0.2) is 0 Å². The Balaban J connectivity index is 2.68. The lowest BCUT2D eigenvalue weighted by Gasteiger charge is -2.28. The number of nitrogens with zero attached hydrogens (tertiary/aromatic N) is 1. The Hall–Kier alpha value is -1.75. The van der Waals surface area contributed by atoms with E-state index in [1.807, 2.05) is 38.1 Å². The number of nitrogens with one attached hydrogen (secondary N) is 1. The number of methoxy groups -OCH3 is 1. The fourth-order valence-electron chi connectivity index (χ4n) is 2.18. The number of aliphatic hydroxyl groups excluding tert-OH is 1. The minimum absolute atomic E-state index is 0.0389. The van der Waals surface area contributed by atoms with Crippen LogP contribution in [0.15, 0.2) is 24.3 Å². The summed E-state index contributed by atoms with van der Waals surface area (Å²) >= 11 is 0. The maximum Gasteiger partial charge on any atom is 0.317 e. The highest BCUT2D eigenvalue weighted by Gasteiger charge is 2.21. The maximum atomic E-state index is 12.2. The second-order valence-electron chi connectivity index (χ2n) is 5.25. The van der Waals surface area contributed by atoms with Crippen molar-refractivity contribution < 1.29 is 14.6 Å². The molecule has 0 saturated heterocycles. The van der Waals surface area contributed by atoms with Crippen molar-refractivity contribution in [2.75, 3.05) is 20.8 Å². The summed E-state index contributed by atoms with van der Waals surface area (Å²) in [7, 11) is 3.40. The summed E-state index contributed by atoms with van der Waals surface area (Å²) in [5, 5.41) is 11.8. The normalized spacial score (nSPS) is 13.4. The maximum absolute atomic E-state index is 12.2. The number of urea groups is 1. The van der Waals surface area contributed by atoms with Crippen molar-refractivity contribution in [3.05, 3.63) is 29.8 Å². The zero-order valence-electron chi connectivity index (χ0n) is 13.3. The smallest absolute Gasteiger partial charge is 0.317 e. The molecule has 21 heavy (non-hydrogen) atoms. The van der Waals surface area contributed by atoms with E-state index < -0.39 is 0 Å². The summed E-state index contributed by atoms with van der Waals surface area (Å²) in [5.41, 5.74) is 0.973. The summed E-state index contributed by atoms with van der Waals surface area (Å²) in [6.45, 7) is 4.05. The van der Waals surface area contributed by atoms with E-state index in [-0.39, 0.29) is 24.7 Å². The number of aliphatic hydroxyl groups is 1. The summed E-state index contributed by atoms with van der Waals surface area (Å²) < 4.78 is 5.34. The van der Waals surface area contributed by atoms with Gasteiger partial charge in [0.05, 0.1) is 13.2 Å². The van der Waals surface area contributed by atoms with E-state index in [1.165, 1.54) is 0 Å². The first-order chi connectivity index (χ1) is 10.0. The third-order valence-electron chi connectivity index (χ3n) is 3.66. The number of ether oxygens (including phenoxy) is 1. The van der Waals surface area contributed by atoms with E-state index in [2.05, 4.69) is 5.32 Å². The number of carbonyl (C=O) groups is 1. The molecule has 0 saturated carbocycles. The van der Waals surface area contributed by atoms with Gasteiger partial charge in [-0.25, -0.2) is 4.79 Å². The minimum atomic E-state index is -0.126. The van der Waals surface area contributed by atoms with Crippen LogP contribution in [0.4, 0.5) is 4.79 Å². The molecule has 0 aliphatic heterocycles. The molecule has 2 N–H and O–H groups in total. The van der Waals surface area contributed by atoms with E-state index >= 15 is 0 Å². The Morgan fingerprint density at radius 3 is 2.67 bits per heavy atom. The molecule has 0 spiro atoms. The average molecular weight is 294 g/mol. The number of carbonyl (C=O) groups excluding carboxylic acids is 1. The molecule has 2 atom stereocenters. The number of hydrogen-bond donors (Lipinski definition) is 2. The molecule has 5 heteroatoms. The van der Waals surface area contributed by atoms with Crippen molar-refractivity contribution in [2.24, 2.45) is 0 Å². The molecule has 2 amide bonds. The van der Waals surface area contributed by atoms with Gasteiger partial charge >= 0.3 is 6.03 Å². The van der Waals surface area contributed by atoms with Crippen LogP contribution in [0.25, 0.3) is 0 Å². The molecule has 5 nitrogen and oxygen atoms in total. The van der Waals surface area contributed by atoms with E-state index in [1.54, 1.807) is 19.1 Å². The van der Waals surface area contributed by atoms with Gasteiger partial charge in [-0.2, -0.15) is 0 Å². The van der Waals surface area contributed by atoms with Crippen molar-refractivity contribution in [1.29, 1.82) is 0 Å². The quantitative estimate of drug-likeness (QED) is 0.812. The highest BCUT2D eigenvalue weighted by Crippen LogP contribution is 2.28. The standard InChI is InChI=1S/C16H26N2O3/c1-12(8-7-11-19)17-16(20)18(3)13(2)14-9-5-6-10-15(14)21-4/h5-6,9-10,12-13,19H,7-8,11H2,1-4H3,(H,17,20). The molecule has 1 rings (SSSR count). The largest absolute Gasteiger partial charge is 0.496 e. The van der Waals surface area contributed by atoms with Crippen LogP contribution in [0, 0.1) is 0 Å². The highest BCUT2D eigenvalue weighted by molar-refractivity contribution is 5.74. The molecule has 118 valence electrons. The molecule has 1 aromatic carbocycles. The second kappa shape index (κ2) is 8.52. The van der Waals surface area contributed by atoms with Crippen LogP contribution < -0.4 is 10.1 Å². The fraction of sp³-hybridized carbons (Fsp3) is 0.562. The highest BCUT2D eigenvalue weighted by atomic mass is 16.5. The lowest BCUT2D eigenvalue weighted by atomic mass is 10.1. The summed E-state index contributed by atoms with van der Waals surface area (Å²) in [6.07, 6.45) is 1.45. The molecule has 0 radical (unpaired) electrons. The van der Waals surface area contributed by atoms with Gasteiger partial charge in [0.1, 0.15) is 5.75 Å². The van der Waals surface area contributed by atoms with Crippen LogP contribution in [0.3, 0.4) is 0 Å². The second-order valence-corrected chi connectivity index (χ2v) is 5.25. The summed E-state index contributed by atoms with van der Waals surface area (Å²) in [5.74, 6) is 0.776. The lowest BCUT2D eigenvalue weighted by molar-refractivity contribution is 0.188. The monoisotopic (exact) mass is 294 g/mol. The Morgan fingerprint density at radius 1 is 1.38 bits per heavy atom. The van der Waals surface area contributed by atoms with Gasteiger partial charge in [0.2, 0.25) is 0 Å². The van der Waals surface area contributed by atoms with Gasteiger partial charge in [-0.3, -0.25) is 0 Å². The number of para-hydroxylation sites is 1. The van der Waals surface area contributed by atoms with Gasteiger partial charge < -0.3 is 20.1 Å². The van der Waals surface area contributed by atoms with Crippen LogP contribution >= 0.6 is 0 Å². The SMILES string of the molecule is COc1ccccc1C(C)N(C)C(=O)NC(C)CCCO. The Morgan fingerprint density at radius 2 is 2.05 bits per heavy atom. The zero-order chi connectivity index (χ0) is 15.8. The number of amides is 2. The molecule has 0 fully saturated rings. The van der Waals surface area contributed by atoms with Crippen LogP contribution in [0.2, 0.25) is 0 Å². The van der Waals surface area contributed by atoms with Gasteiger partial charge in [0.25, 0.3) is 0 Å². The van der Waals surface area contributed by atoms with E-state index in [4.69, 9.17) is 9.84 Å². The van der Waals surface area contributed by atoms with Crippen LogP contribution in [-0.2, 0) is 0 Å². The topological polar surface area (TPSA) is 61.8 Å². The fourth-order valence-corrected chi connectivity index (χ4v) is 2.18. The molecule has 0 bridgehead atoms. The van der Waals surface area contributed by atoms with Crippen LogP contribution in [-0.4, -0.2) is 42.8 Å². The number of rotatable bonds is 7. The van der Waals surface area contributed by atoms with Crippen molar-refractivity contribution in [1.82, 2.24) is 10.2 Å². The molecular weight excluding hydrogens is 268 g/mol. The van der Waals surface area contributed by atoms with Gasteiger partial charge in [-0.05, 0) is 32.8 Å². The predicted molar refractivity (Wildman–Crippen MR) is 83.5 cm³/mol. The van der Waals surface area contributed by atoms with Crippen LogP contribution in [0.1, 0.15) is 38.3 Å². The lowest BCUT2D eigenvalue weighted by Crippen LogP contribution is -2.43. The predicted octanol–water partition coefficient (Wildman–Crippen LogP) is 2.56. The van der Waals surface area contributed by atoms with Crippen molar-refractivity contribution in [2.45, 2.75) is 38.8 Å². The van der Waals surface area contributed by atoms with E-state index in [9.17, 15) is 4.79 Å². The molecular formula is C16H26N2O3. The van der Waals surface area contributed by atoms with E-state index in [0.717, 1.165) is 17.7 Å². The van der Waals surface area contributed by atoms with Crippen molar-refractivity contribution in [3.63, 3.8) is 0 Å².